The Morgan fingerprint density at radius 3 is 2.56 bits per heavy atom. The van der Waals surface area contributed by atoms with Crippen LogP contribution in [0.2, 0.25) is 0 Å². The van der Waals surface area contributed by atoms with Gasteiger partial charge in [-0.25, -0.2) is 9.18 Å². The van der Waals surface area contributed by atoms with E-state index in [4.69, 9.17) is 5.73 Å². The average molecular weight is 491 g/mol. The van der Waals surface area contributed by atoms with Gasteiger partial charge in [-0.3, -0.25) is 9.48 Å². The van der Waals surface area contributed by atoms with Crippen molar-refractivity contribution in [2.75, 3.05) is 11.9 Å². The number of nitrogens with zero attached hydrogens (tertiary/aromatic N) is 4. The summed E-state index contributed by atoms with van der Waals surface area (Å²) in [6, 6.07) is 16.8. The third-order valence-electron chi connectivity index (χ3n) is 6.54. The van der Waals surface area contributed by atoms with Crippen molar-refractivity contribution in [3.05, 3.63) is 77.7 Å². The van der Waals surface area contributed by atoms with Gasteiger partial charge in [0.1, 0.15) is 11.4 Å². The third-order valence-corrected chi connectivity index (χ3v) is 6.54. The number of primary amides is 1. The van der Waals surface area contributed by atoms with Crippen molar-refractivity contribution >= 4 is 23.5 Å². The number of halogens is 1. The molecule has 0 radical (unpaired) electrons. The largest absolute Gasteiger partial charge is 0.465 e. The van der Waals surface area contributed by atoms with E-state index in [9.17, 15) is 24.3 Å². The zero-order valence-corrected chi connectivity index (χ0v) is 19.5. The Bertz CT molecular complexity index is 1250. The highest BCUT2D eigenvalue weighted by Gasteiger charge is 2.41. The number of nitriles is 1. The van der Waals surface area contributed by atoms with Crippen LogP contribution in [0.25, 0.3) is 0 Å². The molecule has 4 N–H and O–H groups in total. The summed E-state index contributed by atoms with van der Waals surface area (Å²) in [5.74, 6) is -1.60. The molecule has 1 aromatic heterocycles. The van der Waals surface area contributed by atoms with Crippen LogP contribution in [0.5, 0.6) is 0 Å². The molecule has 186 valence electrons. The Labute approximate surface area is 207 Å². The predicted octanol–water partition coefficient (Wildman–Crippen LogP) is 4.32. The Kier molecular flexibility index (Phi) is 7.49. The highest BCUT2D eigenvalue weighted by Crippen LogP contribution is 2.36. The number of benzene rings is 2. The smallest absolute Gasteiger partial charge is 0.407 e. The van der Waals surface area contributed by atoms with Gasteiger partial charge in [-0.1, -0.05) is 30.3 Å². The van der Waals surface area contributed by atoms with Crippen LogP contribution in [0.1, 0.15) is 41.2 Å². The van der Waals surface area contributed by atoms with Crippen LogP contribution >= 0.6 is 0 Å². The van der Waals surface area contributed by atoms with Crippen LogP contribution in [0.15, 0.2) is 60.8 Å². The number of aromatic nitrogens is 2. The number of hydrogen-bond donors (Lipinski definition) is 3. The second kappa shape index (κ2) is 10.9. The first-order valence-corrected chi connectivity index (χ1v) is 11.7. The van der Waals surface area contributed by atoms with E-state index in [2.05, 4.69) is 16.5 Å². The van der Waals surface area contributed by atoms with Crippen molar-refractivity contribution in [1.29, 1.82) is 5.26 Å². The molecule has 2 aromatic carbocycles. The maximum atomic E-state index is 13.3. The molecule has 1 aliphatic heterocycles. The minimum absolute atomic E-state index is 0.123. The first-order valence-electron chi connectivity index (χ1n) is 11.7. The van der Waals surface area contributed by atoms with E-state index in [0.29, 0.717) is 24.9 Å². The molecule has 1 unspecified atom stereocenters. The molecule has 1 saturated heterocycles. The van der Waals surface area contributed by atoms with E-state index < -0.39 is 35.8 Å². The molecule has 4 rings (SSSR count). The number of nitrogens with one attached hydrogen (secondary N) is 1. The average Bonchev–Trinajstić information content (AvgIpc) is 3.29. The molecule has 0 aliphatic carbocycles. The van der Waals surface area contributed by atoms with Crippen LogP contribution in [0, 0.1) is 23.1 Å². The van der Waals surface area contributed by atoms with Gasteiger partial charge in [-0.2, -0.15) is 10.4 Å². The van der Waals surface area contributed by atoms with Crippen LogP contribution in [0.4, 0.5) is 20.7 Å². The van der Waals surface area contributed by atoms with Crippen molar-refractivity contribution in [3.8, 4) is 6.07 Å². The number of rotatable bonds is 8. The minimum atomic E-state index is -1.06. The number of carbonyl (C=O) groups is 2. The van der Waals surface area contributed by atoms with Crippen molar-refractivity contribution in [2.45, 2.75) is 37.8 Å². The van der Waals surface area contributed by atoms with Crippen molar-refractivity contribution in [3.63, 3.8) is 0 Å². The normalized spacial score (nSPS) is 19.4. The van der Waals surface area contributed by atoms with Crippen LogP contribution in [0.3, 0.4) is 0 Å². The minimum Gasteiger partial charge on any atom is -0.465 e. The van der Waals surface area contributed by atoms with Gasteiger partial charge in [-0.05, 0) is 55.5 Å². The standard InChI is InChI=1S/C26H27FN6O3/c27-18-9-11-19(12-10-18)30-25-21(24(29)34)16-33(31-25)23-13-14-32(26(35)36)22(20(23)15-28)8-4-7-17-5-2-1-3-6-17/h1-3,5-6,9-12,16,20,22-23H,4,7-8,13-14H2,(H2,29,34)(H,30,31)(H,35,36)/t20-,22?,23-/m1/s1. The first-order chi connectivity index (χ1) is 17.4. The molecule has 2 heterocycles. The fraction of sp³-hybridized carbons (Fsp3) is 0.308. The van der Waals surface area contributed by atoms with Gasteiger partial charge in [0.25, 0.3) is 5.91 Å². The van der Waals surface area contributed by atoms with E-state index in [1.54, 1.807) is 0 Å². The van der Waals surface area contributed by atoms with Gasteiger partial charge in [0, 0.05) is 18.4 Å². The van der Waals surface area contributed by atoms with Crippen LogP contribution in [-0.4, -0.2) is 44.4 Å². The maximum absolute atomic E-state index is 13.3. The molecule has 2 amide bonds. The summed E-state index contributed by atoms with van der Waals surface area (Å²) in [4.78, 5) is 25.4. The Morgan fingerprint density at radius 2 is 1.92 bits per heavy atom. The quantitative estimate of drug-likeness (QED) is 0.430. The topological polar surface area (TPSA) is 137 Å². The number of piperidine rings is 1. The summed E-state index contributed by atoms with van der Waals surface area (Å²) in [7, 11) is 0. The van der Waals surface area contributed by atoms with Crippen LogP contribution < -0.4 is 11.1 Å². The van der Waals surface area contributed by atoms with Crippen molar-refractivity contribution in [1.82, 2.24) is 14.7 Å². The van der Waals surface area contributed by atoms with Gasteiger partial charge in [0.2, 0.25) is 0 Å². The molecule has 1 aliphatic rings. The zero-order chi connectivity index (χ0) is 25.7. The Balaban J connectivity index is 1.58. The lowest BCUT2D eigenvalue weighted by molar-refractivity contribution is 0.0623. The van der Waals surface area contributed by atoms with E-state index >= 15 is 0 Å². The molecule has 3 atom stereocenters. The number of anilines is 2. The Morgan fingerprint density at radius 1 is 1.19 bits per heavy atom. The van der Waals surface area contributed by atoms with E-state index in [1.807, 2.05) is 30.3 Å². The summed E-state index contributed by atoms with van der Waals surface area (Å²) >= 11 is 0. The monoisotopic (exact) mass is 490 g/mol. The van der Waals surface area contributed by atoms with Gasteiger partial charge < -0.3 is 21.1 Å². The predicted molar refractivity (Wildman–Crippen MR) is 131 cm³/mol. The Hall–Kier alpha value is -4.39. The second-order valence-corrected chi connectivity index (χ2v) is 8.80. The number of likely N-dealkylation sites (tertiary alicyclic amines) is 1. The number of amides is 2. The lowest BCUT2D eigenvalue weighted by Crippen LogP contribution is -2.51. The molecular weight excluding hydrogens is 463 g/mol. The van der Waals surface area contributed by atoms with E-state index in [0.717, 1.165) is 12.0 Å². The lowest BCUT2D eigenvalue weighted by Gasteiger charge is -2.41. The summed E-state index contributed by atoms with van der Waals surface area (Å²) in [5, 5.41) is 27.4. The fourth-order valence-corrected chi connectivity index (χ4v) is 4.77. The number of hydrogen-bond acceptors (Lipinski definition) is 5. The van der Waals surface area contributed by atoms with Crippen molar-refractivity contribution in [2.24, 2.45) is 11.7 Å². The second-order valence-electron chi connectivity index (χ2n) is 8.80. The van der Waals surface area contributed by atoms with Gasteiger partial charge in [-0.15, -0.1) is 0 Å². The summed E-state index contributed by atoms with van der Waals surface area (Å²) in [5.41, 5.74) is 7.35. The summed E-state index contributed by atoms with van der Waals surface area (Å²) < 4.78 is 14.8. The molecule has 0 saturated carbocycles. The molecule has 10 heteroatoms. The van der Waals surface area contributed by atoms with Gasteiger partial charge in [0.15, 0.2) is 5.82 Å². The highest BCUT2D eigenvalue weighted by molar-refractivity contribution is 5.98. The number of nitrogens with two attached hydrogens (primary N) is 1. The zero-order valence-electron chi connectivity index (χ0n) is 19.5. The van der Waals surface area contributed by atoms with E-state index in [-0.39, 0.29) is 17.9 Å². The highest BCUT2D eigenvalue weighted by atomic mass is 19.1. The van der Waals surface area contributed by atoms with Crippen LogP contribution in [-0.2, 0) is 6.42 Å². The summed E-state index contributed by atoms with van der Waals surface area (Å²) in [6.07, 6.45) is 2.78. The first kappa shape index (κ1) is 24.7. The molecule has 3 aromatic rings. The fourth-order valence-electron chi connectivity index (χ4n) is 4.77. The SMILES string of the molecule is N#C[C@@H]1C(CCCc2ccccc2)N(C(=O)O)CC[C@H]1n1cc(C(N)=O)c(Nc2ccc(F)cc2)n1. The molecule has 36 heavy (non-hydrogen) atoms. The summed E-state index contributed by atoms with van der Waals surface area (Å²) in [6.45, 7) is 0.237. The maximum Gasteiger partial charge on any atom is 0.407 e. The van der Waals surface area contributed by atoms with Gasteiger partial charge in [0.05, 0.1) is 24.1 Å². The molecule has 0 spiro atoms. The molecular formula is C26H27FN6O3. The van der Waals surface area contributed by atoms with E-state index in [1.165, 1.54) is 40.0 Å². The third kappa shape index (κ3) is 5.46. The lowest BCUT2D eigenvalue weighted by atomic mass is 9.83. The number of carbonyl (C=O) groups excluding carboxylic acids is 1. The van der Waals surface area contributed by atoms with Crippen molar-refractivity contribution < 1.29 is 19.1 Å². The van der Waals surface area contributed by atoms with Gasteiger partial charge >= 0.3 is 6.09 Å². The molecule has 0 bridgehead atoms. The molecule has 1 fully saturated rings. The number of carboxylic acid groups (broad SMARTS) is 1. The number of aryl methyl sites for hydroxylation is 1. The molecule has 9 nitrogen and oxygen atoms in total.